The minimum Gasteiger partial charge on any atom is -0.462 e. The van der Waals surface area contributed by atoms with Gasteiger partial charge >= 0.3 is 25.7 Å². The fourth-order valence-electron chi connectivity index (χ4n) is 7.64. The van der Waals surface area contributed by atoms with Gasteiger partial charge in [0.1, 0.15) is 12.7 Å². The molecule has 0 aromatic rings. The summed E-state index contributed by atoms with van der Waals surface area (Å²) in [5.74, 6) is -1.55. The Balaban J connectivity index is 4.78. The van der Waals surface area contributed by atoms with Gasteiger partial charge in [0.2, 0.25) is 0 Å². The van der Waals surface area contributed by atoms with Gasteiger partial charge in [-0.1, -0.05) is 227 Å². The smallest absolute Gasteiger partial charge is 0.462 e. The molecule has 0 aliphatic heterocycles. The van der Waals surface area contributed by atoms with Crippen LogP contribution in [0.3, 0.4) is 0 Å². The molecule has 0 saturated carbocycles. The zero-order chi connectivity index (χ0) is 54.1. The standard InChI is InChI=1S/C62H105O11P/c1-4-7-10-13-16-19-22-25-27-29-31-34-37-40-43-46-49-52-61(65)72-58(54-63)56-70-74(67,68)71-57-59(55-69-60(64)51-48-45-42-39-36-33-24-21-18-15-12-9-6-3)73-62(66)53-50-47-44-41-38-35-32-30-28-26-23-20-17-14-11-8-5-2/h7-8,10-11,16-17,19-20,25-28,32,35,41,44,58-59,63H,4-6,9,12-15,18,21-24,29-31,33-34,36-40,42-43,45-57H2,1-3H3,(H,67,68)/b10-7-,11-8-,19-16-,20-17-,27-25-,28-26-,35-32-,44-41-. The van der Waals surface area contributed by atoms with Crippen molar-refractivity contribution in [1.29, 1.82) is 0 Å². The molecule has 0 aromatic carbocycles. The highest BCUT2D eigenvalue weighted by Gasteiger charge is 2.28. The summed E-state index contributed by atoms with van der Waals surface area (Å²) in [4.78, 5) is 48.5. The van der Waals surface area contributed by atoms with Crippen molar-refractivity contribution in [3.63, 3.8) is 0 Å². The molecule has 11 nitrogen and oxygen atoms in total. The van der Waals surface area contributed by atoms with Crippen LogP contribution < -0.4 is 0 Å². The molecule has 74 heavy (non-hydrogen) atoms. The van der Waals surface area contributed by atoms with Crippen molar-refractivity contribution in [3.05, 3.63) is 97.2 Å². The van der Waals surface area contributed by atoms with Crippen LogP contribution in [0.15, 0.2) is 97.2 Å². The van der Waals surface area contributed by atoms with Crippen molar-refractivity contribution in [3.8, 4) is 0 Å². The third-order valence-corrected chi connectivity index (χ3v) is 13.0. The van der Waals surface area contributed by atoms with Crippen LogP contribution in [0.4, 0.5) is 0 Å². The third-order valence-electron chi connectivity index (χ3n) is 12.0. The number of unbranched alkanes of at least 4 members (excludes halogenated alkanes) is 20. The number of carbonyl (C=O) groups is 3. The number of carbonyl (C=O) groups excluding carboxylic acids is 3. The Labute approximate surface area is 451 Å². The summed E-state index contributed by atoms with van der Waals surface area (Å²) in [5.41, 5.74) is 0. The highest BCUT2D eigenvalue weighted by atomic mass is 31.2. The maximum atomic E-state index is 12.9. The van der Waals surface area contributed by atoms with E-state index in [4.69, 9.17) is 23.3 Å². The predicted molar refractivity (Wildman–Crippen MR) is 307 cm³/mol. The van der Waals surface area contributed by atoms with Gasteiger partial charge in [-0.3, -0.25) is 23.4 Å². The molecule has 0 aromatic heterocycles. The van der Waals surface area contributed by atoms with Crippen molar-refractivity contribution in [1.82, 2.24) is 0 Å². The molecule has 424 valence electrons. The molecule has 0 aliphatic rings. The Bertz CT molecular complexity index is 1610. The first-order valence-corrected chi connectivity index (χ1v) is 30.6. The van der Waals surface area contributed by atoms with Crippen LogP contribution in [-0.2, 0) is 42.2 Å². The second-order valence-corrected chi connectivity index (χ2v) is 20.5. The van der Waals surface area contributed by atoms with Crippen LogP contribution in [0.25, 0.3) is 0 Å². The van der Waals surface area contributed by atoms with Crippen molar-refractivity contribution in [2.24, 2.45) is 0 Å². The first kappa shape index (κ1) is 70.4. The van der Waals surface area contributed by atoms with E-state index in [0.717, 1.165) is 103 Å². The van der Waals surface area contributed by atoms with Gasteiger partial charge in [0.05, 0.1) is 19.8 Å². The van der Waals surface area contributed by atoms with Crippen LogP contribution in [0.1, 0.15) is 239 Å². The quantitative estimate of drug-likeness (QED) is 0.0197. The van der Waals surface area contributed by atoms with Crippen molar-refractivity contribution >= 4 is 25.7 Å². The fourth-order valence-corrected chi connectivity index (χ4v) is 8.43. The Morgan fingerprint density at radius 3 is 1.14 bits per heavy atom. The molecular formula is C62H105O11P. The van der Waals surface area contributed by atoms with Gasteiger partial charge in [0, 0.05) is 19.3 Å². The monoisotopic (exact) mass is 1060 g/mol. The van der Waals surface area contributed by atoms with E-state index >= 15 is 0 Å². The molecule has 2 N–H and O–H groups in total. The lowest BCUT2D eigenvalue weighted by molar-refractivity contribution is -0.161. The summed E-state index contributed by atoms with van der Waals surface area (Å²) in [6.45, 7) is 4.35. The highest BCUT2D eigenvalue weighted by Crippen LogP contribution is 2.43. The van der Waals surface area contributed by atoms with Crippen LogP contribution >= 0.6 is 7.82 Å². The Morgan fingerprint density at radius 2 is 0.716 bits per heavy atom. The number of aliphatic hydroxyl groups excluding tert-OH is 1. The molecule has 0 bridgehead atoms. The van der Waals surface area contributed by atoms with Crippen LogP contribution in [0.5, 0.6) is 0 Å². The van der Waals surface area contributed by atoms with E-state index in [1.54, 1.807) is 0 Å². The molecule has 0 radical (unpaired) electrons. The van der Waals surface area contributed by atoms with E-state index < -0.39 is 57.8 Å². The van der Waals surface area contributed by atoms with E-state index in [-0.39, 0.29) is 25.9 Å². The Morgan fingerprint density at radius 1 is 0.392 bits per heavy atom. The SMILES string of the molecule is CC/C=C\C/C=C\C/C=C\C/C=C\C/C=C\CCCC(=O)OC(COC(=O)CCCCCCCCCCCCCCC)COP(=O)(O)OCC(CO)OC(=O)CCCCCCCCC/C=C\C/C=C\C/C=C\CC. The molecule has 0 saturated heterocycles. The molecule has 0 aliphatic carbocycles. The number of aliphatic hydroxyl groups is 1. The molecule has 3 atom stereocenters. The van der Waals surface area contributed by atoms with Gasteiger partial charge in [-0.05, 0) is 89.9 Å². The Hall–Kier alpha value is -3.60. The van der Waals surface area contributed by atoms with Crippen LogP contribution in [0, 0.1) is 0 Å². The molecule has 12 heteroatoms. The number of ether oxygens (including phenoxy) is 3. The van der Waals surface area contributed by atoms with Gasteiger partial charge in [0.25, 0.3) is 0 Å². The number of phosphoric ester groups is 1. The molecular weight excluding hydrogens is 952 g/mol. The largest absolute Gasteiger partial charge is 0.472 e. The van der Waals surface area contributed by atoms with Crippen molar-refractivity contribution in [2.75, 3.05) is 26.4 Å². The fraction of sp³-hybridized carbons (Fsp3) is 0.694. The molecule has 3 unspecified atom stereocenters. The lowest BCUT2D eigenvalue weighted by Crippen LogP contribution is -2.30. The van der Waals surface area contributed by atoms with Gasteiger partial charge in [0.15, 0.2) is 6.10 Å². The van der Waals surface area contributed by atoms with E-state index in [1.165, 1.54) is 70.6 Å². The van der Waals surface area contributed by atoms with E-state index in [2.05, 4.69) is 106 Å². The van der Waals surface area contributed by atoms with Gasteiger partial charge in [-0.25, -0.2) is 4.57 Å². The molecule has 0 amide bonds. The van der Waals surface area contributed by atoms with E-state index in [9.17, 15) is 28.9 Å². The van der Waals surface area contributed by atoms with Crippen LogP contribution in [-0.4, -0.2) is 66.5 Å². The first-order chi connectivity index (χ1) is 36.2. The average Bonchev–Trinajstić information content (AvgIpc) is 3.39. The van der Waals surface area contributed by atoms with Gasteiger partial charge in [-0.2, -0.15) is 0 Å². The lowest BCUT2D eigenvalue weighted by atomic mass is 10.0. The third kappa shape index (κ3) is 53.2. The van der Waals surface area contributed by atoms with Crippen molar-refractivity contribution < 1.29 is 52.2 Å². The van der Waals surface area contributed by atoms with E-state index in [0.29, 0.717) is 25.7 Å². The van der Waals surface area contributed by atoms with Crippen LogP contribution in [0.2, 0.25) is 0 Å². The molecule has 0 fully saturated rings. The predicted octanol–water partition coefficient (Wildman–Crippen LogP) is 17.3. The zero-order valence-electron chi connectivity index (χ0n) is 46.8. The normalized spacial score (nSPS) is 14.1. The van der Waals surface area contributed by atoms with E-state index in [1.807, 2.05) is 12.2 Å². The maximum Gasteiger partial charge on any atom is 0.472 e. The number of allylic oxidation sites excluding steroid dienone is 16. The number of hydrogen-bond acceptors (Lipinski definition) is 10. The summed E-state index contributed by atoms with van der Waals surface area (Å²) < 4.78 is 39.5. The summed E-state index contributed by atoms with van der Waals surface area (Å²) in [7, 11) is -4.77. The van der Waals surface area contributed by atoms with Gasteiger partial charge in [-0.15, -0.1) is 0 Å². The number of phosphoric acid groups is 1. The maximum absolute atomic E-state index is 12.9. The zero-order valence-corrected chi connectivity index (χ0v) is 47.7. The minimum atomic E-state index is -4.77. The molecule has 0 spiro atoms. The summed E-state index contributed by atoms with van der Waals surface area (Å²) in [5, 5.41) is 9.82. The average molecular weight is 1060 g/mol. The first-order valence-electron chi connectivity index (χ1n) is 29.1. The second kappa shape index (κ2) is 55.6. The minimum absolute atomic E-state index is 0.0865. The number of rotatable bonds is 53. The molecule has 0 heterocycles. The highest BCUT2D eigenvalue weighted by molar-refractivity contribution is 7.47. The summed E-state index contributed by atoms with van der Waals surface area (Å²) in [6.07, 6.45) is 65.1. The van der Waals surface area contributed by atoms with Gasteiger partial charge < -0.3 is 24.2 Å². The number of hydrogen-bond donors (Lipinski definition) is 2. The summed E-state index contributed by atoms with van der Waals surface area (Å²) in [6, 6.07) is 0. The topological polar surface area (TPSA) is 155 Å². The number of esters is 3. The van der Waals surface area contributed by atoms with Crippen molar-refractivity contribution in [2.45, 2.75) is 251 Å². The lowest BCUT2D eigenvalue weighted by Gasteiger charge is -2.21. The molecule has 0 rings (SSSR count). The summed E-state index contributed by atoms with van der Waals surface area (Å²) >= 11 is 0. The Kier molecular flexibility index (Phi) is 52.9. The second-order valence-electron chi connectivity index (χ2n) is 19.0.